The molecule has 0 bridgehead atoms. The molecule has 0 aliphatic carbocycles. The molecule has 2 atom stereocenters. The van der Waals surface area contributed by atoms with E-state index in [1.54, 1.807) is 6.92 Å². The van der Waals surface area contributed by atoms with Crippen LogP contribution in [-0.4, -0.2) is 49.9 Å². The molecular weight excluding hydrogens is 334 g/mol. The van der Waals surface area contributed by atoms with E-state index < -0.39 is 29.4 Å². The average Bonchev–Trinajstić information content (AvgIpc) is 2.94. The summed E-state index contributed by atoms with van der Waals surface area (Å²) in [5.74, 6) is -3.82. The molecule has 0 radical (unpaired) electrons. The number of esters is 1. The third-order valence-electron chi connectivity index (χ3n) is 4.16. The van der Waals surface area contributed by atoms with Crippen LogP contribution < -0.4 is 4.90 Å². The Bertz CT molecular complexity index is 675. The van der Waals surface area contributed by atoms with E-state index in [0.717, 1.165) is 12.1 Å². The molecule has 0 spiro atoms. The largest absolute Gasteiger partial charge is 0.469 e. The third-order valence-corrected chi connectivity index (χ3v) is 4.16. The molecule has 8 heteroatoms. The van der Waals surface area contributed by atoms with Gasteiger partial charge in [0.1, 0.15) is 11.6 Å². The van der Waals surface area contributed by atoms with Gasteiger partial charge in [0.25, 0.3) is 0 Å². The fourth-order valence-electron chi connectivity index (χ4n) is 2.91. The molecule has 2 rings (SSSR count). The molecule has 1 aromatic carbocycles. The quantitative estimate of drug-likeness (QED) is 0.753. The van der Waals surface area contributed by atoms with Crippen molar-refractivity contribution < 1.29 is 27.9 Å². The maximum Gasteiger partial charge on any atom is 0.310 e. The van der Waals surface area contributed by atoms with E-state index in [0.29, 0.717) is 6.07 Å². The summed E-state index contributed by atoms with van der Waals surface area (Å²) in [6, 6.07) is 2.82. The molecule has 2 unspecified atom stereocenters. The molecule has 0 saturated carbocycles. The van der Waals surface area contributed by atoms with Gasteiger partial charge in [-0.3, -0.25) is 14.4 Å². The normalized spacial score (nSPS) is 18.2. The van der Waals surface area contributed by atoms with E-state index in [9.17, 15) is 23.2 Å². The first-order valence-corrected chi connectivity index (χ1v) is 7.82. The van der Waals surface area contributed by atoms with Crippen LogP contribution in [0.1, 0.15) is 13.3 Å². The lowest BCUT2D eigenvalue weighted by atomic mass is 10.1. The summed E-state index contributed by atoms with van der Waals surface area (Å²) >= 11 is 0. The molecule has 136 valence electrons. The van der Waals surface area contributed by atoms with Gasteiger partial charge in [-0.2, -0.15) is 0 Å². The predicted molar refractivity (Wildman–Crippen MR) is 85.6 cm³/mol. The van der Waals surface area contributed by atoms with E-state index in [2.05, 4.69) is 4.74 Å². The number of carbonyl (C=O) groups excluding carboxylic acids is 3. The summed E-state index contributed by atoms with van der Waals surface area (Å²) in [6.07, 6.45) is -0.0477. The molecule has 2 amide bonds. The Labute approximate surface area is 144 Å². The smallest absolute Gasteiger partial charge is 0.310 e. The van der Waals surface area contributed by atoms with Gasteiger partial charge >= 0.3 is 5.97 Å². The summed E-state index contributed by atoms with van der Waals surface area (Å²) in [4.78, 5) is 38.7. The monoisotopic (exact) mass is 354 g/mol. The number of benzene rings is 1. The average molecular weight is 354 g/mol. The standard InChI is InChI=1S/C17H20F2N2O4/c1-10(17(24)25-3)8-20(2)16(23)11-4-15(22)21(9-11)14-6-12(18)5-13(19)7-14/h5-7,10-11H,4,8-9H2,1-3H3. The summed E-state index contributed by atoms with van der Waals surface area (Å²) in [6.45, 7) is 1.83. The SMILES string of the molecule is COC(=O)C(C)CN(C)C(=O)C1CC(=O)N(c2cc(F)cc(F)c2)C1. The predicted octanol–water partition coefficient (Wildman–Crippen LogP) is 1.59. The van der Waals surface area contributed by atoms with Crippen LogP contribution in [0.25, 0.3) is 0 Å². The van der Waals surface area contributed by atoms with Crippen molar-refractivity contribution in [1.82, 2.24) is 4.90 Å². The first-order chi connectivity index (χ1) is 11.7. The molecule has 1 aromatic rings. The van der Waals surface area contributed by atoms with Gasteiger partial charge in [0.15, 0.2) is 0 Å². The first-order valence-electron chi connectivity index (χ1n) is 7.82. The van der Waals surface area contributed by atoms with Gasteiger partial charge in [-0.05, 0) is 12.1 Å². The molecule has 1 saturated heterocycles. The highest BCUT2D eigenvalue weighted by atomic mass is 19.1. The number of nitrogens with zero attached hydrogens (tertiary/aromatic N) is 2. The molecular formula is C17H20F2N2O4. The van der Waals surface area contributed by atoms with Gasteiger partial charge in [0.2, 0.25) is 11.8 Å². The summed E-state index contributed by atoms with van der Waals surface area (Å²) in [5.41, 5.74) is 0.0865. The van der Waals surface area contributed by atoms with Crippen molar-refractivity contribution in [3.8, 4) is 0 Å². The fourth-order valence-corrected chi connectivity index (χ4v) is 2.91. The van der Waals surface area contributed by atoms with Crippen LogP contribution in [0, 0.1) is 23.5 Å². The van der Waals surface area contributed by atoms with Crippen LogP contribution in [0.2, 0.25) is 0 Å². The Kier molecular flexibility index (Phi) is 5.71. The fraction of sp³-hybridized carbons (Fsp3) is 0.471. The Morgan fingerprint density at radius 1 is 1.32 bits per heavy atom. The third kappa shape index (κ3) is 4.32. The molecule has 0 aromatic heterocycles. The summed E-state index contributed by atoms with van der Waals surface area (Å²) in [5, 5.41) is 0. The highest BCUT2D eigenvalue weighted by Gasteiger charge is 2.37. The van der Waals surface area contributed by atoms with Crippen LogP contribution in [0.3, 0.4) is 0 Å². The van der Waals surface area contributed by atoms with E-state index in [-0.39, 0.29) is 37.0 Å². The van der Waals surface area contributed by atoms with Gasteiger partial charge in [-0.15, -0.1) is 0 Å². The number of carbonyl (C=O) groups is 3. The minimum atomic E-state index is -0.790. The minimum absolute atomic E-state index is 0.0392. The van der Waals surface area contributed by atoms with E-state index in [4.69, 9.17) is 0 Å². The number of methoxy groups -OCH3 is 1. The second-order valence-electron chi connectivity index (χ2n) is 6.18. The van der Waals surface area contributed by atoms with Crippen molar-refractivity contribution in [2.75, 3.05) is 32.1 Å². The molecule has 1 fully saturated rings. The molecule has 0 N–H and O–H groups in total. The molecule has 1 heterocycles. The van der Waals surface area contributed by atoms with E-state index in [1.165, 1.54) is 24.0 Å². The summed E-state index contributed by atoms with van der Waals surface area (Å²) < 4.78 is 31.3. The Morgan fingerprint density at radius 3 is 2.48 bits per heavy atom. The maximum absolute atomic E-state index is 13.3. The van der Waals surface area contributed by atoms with Gasteiger partial charge in [0.05, 0.1) is 18.9 Å². The van der Waals surface area contributed by atoms with Crippen molar-refractivity contribution >= 4 is 23.5 Å². The second-order valence-corrected chi connectivity index (χ2v) is 6.18. The van der Waals surface area contributed by atoms with Crippen LogP contribution in [0.15, 0.2) is 18.2 Å². The zero-order valence-corrected chi connectivity index (χ0v) is 14.3. The number of rotatable bonds is 5. The maximum atomic E-state index is 13.3. The summed E-state index contributed by atoms with van der Waals surface area (Å²) in [7, 11) is 2.81. The lowest BCUT2D eigenvalue weighted by Crippen LogP contribution is -2.38. The zero-order valence-electron chi connectivity index (χ0n) is 14.3. The van der Waals surface area contributed by atoms with Crippen molar-refractivity contribution in [3.63, 3.8) is 0 Å². The second kappa shape index (κ2) is 7.58. The lowest BCUT2D eigenvalue weighted by Gasteiger charge is -2.23. The Hall–Kier alpha value is -2.51. The van der Waals surface area contributed by atoms with Crippen molar-refractivity contribution in [3.05, 3.63) is 29.8 Å². The molecule has 6 nitrogen and oxygen atoms in total. The Balaban J connectivity index is 2.06. The highest BCUT2D eigenvalue weighted by Crippen LogP contribution is 2.27. The minimum Gasteiger partial charge on any atom is -0.469 e. The Morgan fingerprint density at radius 2 is 1.92 bits per heavy atom. The van der Waals surface area contributed by atoms with Crippen molar-refractivity contribution in [2.45, 2.75) is 13.3 Å². The highest BCUT2D eigenvalue weighted by molar-refractivity contribution is 6.00. The number of anilines is 1. The number of hydrogen-bond acceptors (Lipinski definition) is 4. The van der Waals surface area contributed by atoms with Crippen LogP contribution >= 0.6 is 0 Å². The number of hydrogen-bond donors (Lipinski definition) is 0. The van der Waals surface area contributed by atoms with E-state index in [1.807, 2.05) is 0 Å². The molecule has 1 aliphatic heterocycles. The van der Waals surface area contributed by atoms with Gasteiger partial charge in [0, 0.05) is 38.3 Å². The van der Waals surface area contributed by atoms with E-state index >= 15 is 0 Å². The number of halogens is 2. The van der Waals surface area contributed by atoms with Gasteiger partial charge in [-0.25, -0.2) is 8.78 Å². The lowest BCUT2D eigenvalue weighted by molar-refractivity contribution is -0.146. The molecule has 1 aliphatic rings. The topological polar surface area (TPSA) is 66.9 Å². The van der Waals surface area contributed by atoms with Gasteiger partial charge in [-0.1, -0.05) is 6.92 Å². The first kappa shape index (κ1) is 18.8. The molecule has 25 heavy (non-hydrogen) atoms. The zero-order chi connectivity index (χ0) is 18.7. The van der Waals surface area contributed by atoms with Gasteiger partial charge < -0.3 is 14.5 Å². The number of amides is 2. The van der Waals surface area contributed by atoms with Crippen LogP contribution in [0.4, 0.5) is 14.5 Å². The van der Waals surface area contributed by atoms with Crippen LogP contribution in [0.5, 0.6) is 0 Å². The number of ether oxygens (including phenoxy) is 1. The van der Waals surface area contributed by atoms with Crippen LogP contribution in [-0.2, 0) is 19.1 Å². The van der Waals surface area contributed by atoms with Crippen molar-refractivity contribution in [1.29, 1.82) is 0 Å². The van der Waals surface area contributed by atoms with Crippen molar-refractivity contribution in [2.24, 2.45) is 11.8 Å².